The number of nitrogens with zero attached hydrogens (tertiary/aromatic N) is 2. The summed E-state index contributed by atoms with van der Waals surface area (Å²) in [7, 11) is -4.17. The maximum absolute atomic E-state index is 13.8. The largest absolute Gasteiger partial charge is 0.354 e. The van der Waals surface area contributed by atoms with Crippen LogP contribution in [0.1, 0.15) is 31.4 Å². The first-order chi connectivity index (χ1) is 18.0. The summed E-state index contributed by atoms with van der Waals surface area (Å²) >= 11 is 12.3. The second-order valence-electron chi connectivity index (χ2n) is 8.90. The van der Waals surface area contributed by atoms with E-state index >= 15 is 0 Å². The van der Waals surface area contributed by atoms with Crippen LogP contribution in [0.25, 0.3) is 0 Å². The fraction of sp³-hybridized carbons (Fsp3) is 0.286. The van der Waals surface area contributed by atoms with Gasteiger partial charge in [-0.25, -0.2) is 8.42 Å². The van der Waals surface area contributed by atoms with Crippen molar-refractivity contribution in [3.63, 3.8) is 0 Å². The molecule has 0 bridgehead atoms. The highest BCUT2D eigenvalue weighted by Gasteiger charge is 2.32. The predicted octanol–water partition coefficient (Wildman–Crippen LogP) is 5.44. The molecular weight excluding hydrogens is 545 g/mol. The minimum absolute atomic E-state index is 0.0119. The second kappa shape index (κ2) is 13.1. The molecule has 0 aliphatic heterocycles. The van der Waals surface area contributed by atoms with Gasteiger partial charge < -0.3 is 10.2 Å². The fourth-order valence-electron chi connectivity index (χ4n) is 3.87. The lowest BCUT2D eigenvalue weighted by Crippen LogP contribution is -2.51. The molecule has 0 spiro atoms. The molecule has 0 aliphatic carbocycles. The van der Waals surface area contributed by atoms with Crippen LogP contribution in [0, 0.1) is 6.92 Å². The van der Waals surface area contributed by atoms with Gasteiger partial charge in [-0.15, -0.1) is 0 Å². The third-order valence-corrected chi connectivity index (χ3v) is 8.48. The van der Waals surface area contributed by atoms with Crippen LogP contribution < -0.4 is 9.62 Å². The van der Waals surface area contributed by atoms with Crippen LogP contribution in [0.5, 0.6) is 0 Å². The lowest BCUT2D eigenvalue weighted by Gasteiger charge is -2.32. The molecule has 0 radical (unpaired) electrons. The Kier molecular flexibility index (Phi) is 10.2. The maximum atomic E-state index is 13.8. The number of benzene rings is 3. The normalized spacial score (nSPS) is 12.0. The summed E-state index contributed by atoms with van der Waals surface area (Å²) < 4.78 is 28.5. The Hall–Kier alpha value is -3.07. The minimum atomic E-state index is -4.17. The summed E-state index contributed by atoms with van der Waals surface area (Å²) in [4.78, 5) is 28.1. The van der Waals surface area contributed by atoms with Crippen molar-refractivity contribution >= 4 is 50.7 Å². The molecule has 0 fully saturated rings. The van der Waals surface area contributed by atoms with E-state index in [-0.39, 0.29) is 33.1 Å². The molecule has 0 aromatic heterocycles. The number of carbonyl (C=O) groups excluding carboxylic acids is 2. The molecular formula is C28H31Cl2N3O4S. The molecule has 0 saturated heterocycles. The monoisotopic (exact) mass is 575 g/mol. The third kappa shape index (κ3) is 7.28. The van der Waals surface area contributed by atoms with Gasteiger partial charge in [0.2, 0.25) is 11.8 Å². The van der Waals surface area contributed by atoms with Gasteiger partial charge in [-0.2, -0.15) is 0 Å². The van der Waals surface area contributed by atoms with Crippen molar-refractivity contribution in [2.45, 2.75) is 44.7 Å². The molecule has 2 amide bonds. The van der Waals surface area contributed by atoms with Gasteiger partial charge in [-0.05, 0) is 56.2 Å². The molecule has 0 aliphatic rings. The first-order valence-electron chi connectivity index (χ1n) is 12.2. The average Bonchev–Trinajstić information content (AvgIpc) is 2.90. The molecule has 202 valence electrons. The summed E-state index contributed by atoms with van der Waals surface area (Å²) in [5, 5.41) is 3.22. The molecule has 3 aromatic rings. The fourth-order valence-corrected chi connectivity index (χ4v) is 5.59. The quantitative estimate of drug-likeness (QED) is 0.330. The van der Waals surface area contributed by atoms with Crippen molar-refractivity contribution in [1.29, 1.82) is 0 Å². The Morgan fingerprint density at radius 3 is 2.29 bits per heavy atom. The van der Waals surface area contributed by atoms with Gasteiger partial charge in [-0.1, -0.05) is 78.2 Å². The number of hydrogen-bond donors (Lipinski definition) is 1. The first kappa shape index (κ1) is 29.5. The lowest BCUT2D eigenvalue weighted by molar-refractivity contribution is -0.139. The van der Waals surface area contributed by atoms with E-state index in [2.05, 4.69) is 5.32 Å². The van der Waals surface area contributed by atoms with E-state index in [0.29, 0.717) is 6.54 Å². The van der Waals surface area contributed by atoms with E-state index in [9.17, 15) is 18.0 Å². The third-order valence-electron chi connectivity index (χ3n) is 5.95. The summed E-state index contributed by atoms with van der Waals surface area (Å²) in [6, 6.07) is 18.9. The number of hydrogen-bond acceptors (Lipinski definition) is 4. The Balaban J connectivity index is 2.03. The van der Waals surface area contributed by atoms with Crippen LogP contribution in [0.15, 0.2) is 77.7 Å². The van der Waals surface area contributed by atoms with Crippen molar-refractivity contribution < 1.29 is 18.0 Å². The van der Waals surface area contributed by atoms with Gasteiger partial charge in [0.1, 0.15) is 12.6 Å². The SMILES string of the molecule is CCCNC(=O)[C@H](C)N(Cc1cccc(C)c1)C(=O)CN(c1ccc(Cl)c(Cl)c1)S(=O)(=O)c1ccccc1. The highest BCUT2D eigenvalue weighted by molar-refractivity contribution is 7.92. The van der Waals surface area contributed by atoms with Gasteiger partial charge in [0, 0.05) is 13.1 Å². The van der Waals surface area contributed by atoms with Gasteiger partial charge in [0.25, 0.3) is 10.0 Å². The van der Waals surface area contributed by atoms with Crippen LogP contribution in [0.3, 0.4) is 0 Å². The van der Waals surface area contributed by atoms with Crippen LogP contribution in [0.4, 0.5) is 5.69 Å². The van der Waals surface area contributed by atoms with Crippen LogP contribution in [-0.2, 0) is 26.2 Å². The molecule has 7 nitrogen and oxygen atoms in total. The highest BCUT2D eigenvalue weighted by atomic mass is 35.5. The summed E-state index contributed by atoms with van der Waals surface area (Å²) in [5.74, 6) is -0.865. The molecule has 3 aromatic carbocycles. The second-order valence-corrected chi connectivity index (χ2v) is 11.6. The molecule has 1 atom stereocenters. The number of halogens is 2. The molecule has 0 saturated carbocycles. The summed E-state index contributed by atoms with van der Waals surface area (Å²) in [6.07, 6.45) is 0.741. The van der Waals surface area contributed by atoms with Crippen molar-refractivity contribution in [3.8, 4) is 0 Å². The Labute approximate surface area is 234 Å². The Morgan fingerprint density at radius 1 is 0.947 bits per heavy atom. The highest BCUT2D eigenvalue weighted by Crippen LogP contribution is 2.31. The number of amides is 2. The van der Waals surface area contributed by atoms with Crippen LogP contribution >= 0.6 is 23.2 Å². The van der Waals surface area contributed by atoms with Crippen LogP contribution in [-0.4, -0.2) is 44.3 Å². The Morgan fingerprint density at radius 2 is 1.66 bits per heavy atom. The lowest BCUT2D eigenvalue weighted by atomic mass is 10.1. The van der Waals surface area contributed by atoms with Gasteiger partial charge in [0.15, 0.2) is 0 Å². The van der Waals surface area contributed by atoms with E-state index in [0.717, 1.165) is 21.9 Å². The number of carbonyl (C=O) groups is 2. The summed E-state index contributed by atoms with van der Waals surface area (Å²) in [6.45, 7) is 5.55. The van der Waals surface area contributed by atoms with E-state index in [4.69, 9.17) is 23.2 Å². The van der Waals surface area contributed by atoms with E-state index in [1.165, 1.54) is 35.2 Å². The van der Waals surface area contributed by atoms with Crippen LogP contribution in [0.2, 0.25) is 10.0 Å². The average molecular weight is 577 g/mol. The summed E-state index contributed by atoms with van der Waals surface area (Å²) in [5.41, 5.74) is 2.00. The number of aryl methyl sites for hydroxylation is 1. The number of nitrogens with one attached hydrogen (secondary N) is 1. The van der Waals surface area contributed by atoms with Crippen molar-refractivity contribution in [2.24, 2.45) is 0 Å². The maximum Gasteiger partial charge on any atom is 0.264 e. The number of sulfonamides is 1. The Bertz CT molecular complexity index is 1380. The molecule has 38 heavy (non-hydrogen) atoms. The van der Waals surface area contributed by atoms with Gasteiger partial charge in [-0.3, -0.25) is 13.9 Å². The number of anilines is 1. The zero-order chi connectivity index (χ0) is 27.9. The van der Waals surface area contributed by atoms with Crippen molar-refractivity contribution in [1.82, 2.24) is 10.2 Å². The molecule has 0 heterocycles. The molecule has 3 rings (SSSR count). The topological polar surface area (TPSA) is 86.8 Å². The van der Waals surface area contributed by atoms with Crippen molar-refractivity contribution in [3.05, 3.63) is 94.0 Å². The number of rotatable bonds is 11. The zero-order valence-electron chi connectivity index (χ0n) is 21.5. The predicted molar refractivity (Wildman–Crippen MR) is 152 cm³/mol. The van der Waals surface area contributed by atoms with Gasteiger partial charge in [0.05, 0.1) is 20.6 Å². The zero-order valence-corrected chi connectivity index (χ0v) is 23.9. The standard InChI is InChI=1S/C28H31Cl2N3O4S/c1-4-15-31-28(35)21(3)32(18-22-10-8-9-20(2)16-22)27(34)19-33(23-13-14-25(29)26(30)17-23)38(36,37)24-11-6-5-7-12-24/h5-14,16-17,21H,4,15,18-19H2,1-3H3,(H,31,35)/t21-/m0/s1. The van der Waals surface area contributed by atoms with E-state index in [1.54, 1.807) is 25.1 Å². The minimum Gasteiger partial charge on any atom is -0.354 e. The van der Waals surface area contributed by atoms with E-state index < -0.39 is 28.5 Å². The molecule has 10 heteroatoms. The van der Waals surface area contributed by atoms with Gasteiger partial charge >= 0.3 is 0 Å². The van der Waals surface area contributed by atoms with Crippen molar-refractivity contribution in [2.75, 3.05) is 17.4 Å². The first-order valence-corrected chi connectivity index (χ1v) is 14.4. The van der Waals surface area contributed by atoms with E-state index in [1.807, 2.05) is 38.1 Å². The smallest absolute Gasteiger partial charge is 0.264 e. The molecule has 0 unspecified atom stereocenters. The molecule has 1 N–H and O–H groups in total.